The van der Waals surface area contributed by atoms with E-state index < -0.39 is 36.8 Å². The molecule has 4 amide bonds. The number of nitrogens with zero attached hydrogens (tertiary/aromatic N) is 4. The second kappa shape index (κ2) is 16.3. The SMILES string of the molecule is O=C1CCC(N2C(=O)c3ccc(N4CCN(CCC5CCN(c6ccc(C(=O)c7c(-c8ccc(B(O)O)cc8)sc8cc(O)ccc78)cc6)CC5)CC4)cc3C2=O)C(=O)N1. The molecule has 0 spiro atoms. The summed E-state index contributed by atoms with van der Waals surface area (Å²) >= 11 is 1.42. The number of hydrogen-bond acceptors (Lipinski definition) is 12. The number of hydrogen-bond donors (Lipinski definition) is 4. The van der Waals surface area contributed by atoms with Crippen molar-refractivity contribution in [1.82, 2.24) is 15.1 Å². The quantitative estimate of drug-likeness (QED) is 0.0912. The number of carbonyl (C=O) groups is 5. The predicted octanol–water partition coefficient (Wildman–Crippen LogP) is 4.01. The maximum Gasteiger partial charge on any atom is 0.488 e. The number of imide groups is 2. The molecule has 0 radical (unpaired) electrons. The Bertz CT molecular complexity index is 2510. The fourth-order valence-corrected chi connectivity index (χ4v) is 10.3. The van der Waals surface area contributed by atoms with Crippen LogP contribution < -0.4 is 20.6 Å². The molecule has 5 aromatic rings. The van der Waals surface area contributed by atoms with E-state index >= 15 is 0 Å². The average Bonchev–Trinajstić information content (AvgIpc) is 3.76. The molecule has 5 heterocycles. The van der Waals surface area contributed by atoms with Gasteiger partial charge in [0.1, 0.15) is 11.8 Å². The van der Waals surface area contributed by atoms with Crippen molar-refractivity contribution in [1.29, 1.82) is 0 Å². The average molecular weight is 826 g/mol. The third-order valence-corrected chi connectivity index (χ3v) is 13.7. The molecule has 1 unspecified atom stereocenters. The maximum absolute atomic E-state index is 14.1. The first-order chi connectivity index (χ1) is 29.0. The molecule has 0 bridgehead atoms. The Labute approximate surface area is 351 Å². The summed E-state index contributed by atoms with van der Waals surface area (Å²) in [4.78, 5) is 73.5. The minimum Gasteiger partial charge on any atom is -0.508 e. The number of thiophene rings is 1. The lowest BCUT2D eigenvalue weighted by atomic mass is 9.80. The van der Waals surface area contributed by atoms with Crippen LogP contribution in [0, 0.1) is 5.92 Å². The Balaban J connectivity index is 0.769. The third-order valence-electron chi connectivity index (χ3n) is 12.5. The topological polar surface area (TPSA) is 171 Å². The standard InChI is InChI=1S/C45H44BN5O8S/c52-33-10-12-35-38(26-33)60-42(29-1-5-30(6-2-29)46(58)59)40(35)41(54)28-3-7-31(8-4-28)49-19-16-27(17-20-49)15-18-48-21-23-50(24-22-48)32-9-11-34-36(25-32)45(57)51(44(34)56)37-13-14-39(53)47-43(37)55/h1-12,25-27,37,52,58-59H,13-24H2,(H,47,53,55). The largest absolute Gasteiger partial charge is 0.508 e. The Morgan fingerprint density at radius 2 is 1.43 bits per heavy atom. The number of phenolic OH excluding ortho intramolecular Hbond substituents is 1. The van der Waals surface area contributed by atoms with E-state index in [-0.39, 0.29) is 29.9 Å². The van der Waals surface area contributed by atoms with Crippen molar-refractivity contribution in [3.05, 3.63) is 107 Å². The molecule has 60 heavy (non-hydrogen) atoms. The molecule has 3 saturated heterocycles. The minimum absolute atomic E-state index is 0.0866. The number of phenols is 1. The van der Waals surface area contributed by atoms with Crippen LogP contribution in [0.2, 0.25) is 0 Å². The lowest BCUT2D eigenvalue weighted by Gasteiger charge is -2.38. The van der Waals surface area contributed by atoms with Crippen molar-refractivity contribution >= 4 is 74.8 Å². The van der Waals surface area contributed by atoms with Gasteiger partial charge < -0.3 is 25.0 Å². The van der Waals surface area contributed by atoms with E-state index in [4.69, 9.17) is 0 Å². The van der Waals surface area contributed by atoms with Gasteiger partial charge in [0.05, 0.1) is 11.1 Å². The van der Waals surface area contributed by atoms with Gasteiger partial charge in [-0.1, -0.05) is 24.3 Å². The van der Waals surface area contributed by atoms with E-state index in [1.807, 2.05) is 30.3 Å². The fourth-order valence-electron chi connectivity index (χ4n) is 9.02. The van der Waals surface area contributed by atoms with Gasteiger partial charge in [0.2, 0.25) is 11.8 Å². The van der Waals surface area contributed by atoms with Gasteiger partial charge in [-0.2, -0.15) is 0 Å². The van der Waals surface area contributed by atoms with E-state index in [0.29, 0.717) is 28.1 Å². The monoisotopic (exact) mass is 825 g/mol. The summed E-state index contributed by atoms with van der Waals surface area (Å²) in [5.41, 5.74) is 4.82. The lowest BCUT2D eigenvalue weighted by Crippen LogP contribution is -2.54. The van der Waals surface area contributed by atoms with E-state index in [1.165, 1.54) is 11.3 Å². The van der Waals surface area contributed by atoms with Crippen LogP contribution in [0.15, 0.2) is 84.9 Å². The van der Waals surface area contributed by atoms with Gasteiger partial charge in [-0.3, -0.25) is 39.1 Å². The van der Waals surface area contributed by atoms with Crippen molar-refractivity contribution in [3.8, 4) is 16.2 Å². The highest BCUT2D eigenvalue weighted by Crippen LogP contribution is 2.41. The van der Waals surface area contributed by atoms with Crippen LogP contribution in [0.25, 0.3) is 20.5 Å². The maximum atomic E-state index is 14.1. The summed E-state index contributed by atoms with van der Waals surface area (Å²) in [5.74, 6) is -1.37. The first kappa shape index (κ1) is 39.6. The van der Waals surface area contributed by atoms with Crippen LogP contribution in [-0.2, 0) is 9.59 Å². The molecule has 4 aliphatic rings. The number of piperidine rings is 2. The minimum atomic E-state index is -1.58. The van der Waals surface area contributed by atoms with Crippen LogP contribution in [0.1, 0.15) is 68.7 Å². The Morgan fingerprint density at radius 3 is 2.13 bits per heavy atom. The van der Waals surface area contributed by atoms with Crippen molar-refractivity contribution < 1.29 is 39.1 Å². The molecular formula is C45H44BN5O8S. The zero-order valence-electron chi connectivity index (χ0n) is 32.9. The van der Waals surface area contributed by atoms with Gasteiger partial charge in [-0.15, -0.1) is 11.3 Å². The Hall–Kier alpha value is -5.87. The third kappa shape index (κ3) is 7.58. The van der Waals surface area contributed by atoms with Crippen molar-refractivity contribution in [2.24, 2.45) is 5.92 Å². The summed E-state index contributed by atoms with van der Waals surface area (Å²) in [6.07, 6.45) is 3.50. The highest BCUT2D eigenvalue weighted by atomic mass is 32.1. The number of piperazine rings is 1. The molecule has 9 rings (SSSR count). The normalized spacial score (nSPS) is 19.0. The summed E-state index contributed by atoms with van der Waals surface area (Å²) in [7, 11) is -1.58. The molecule has 0 aliphatic carbocycles. The second-order valence-electron chi connectivity index (χ2n) is 16.1. The van der Waals surface area contributed by atoms with Crippen molar-refractivity contribution in [3.63, 3.8) is 0 Å². The van der Waals surface area contributed by atoms with Crippen molar-refractivity contribution in [2.75, 3.05) is 55.6 Å². The highest BCUT2D eigenvalue weighted by Gasteiger charge is 2.45. The molecule has 4 N–H and O–H groups in total. The van der Waals surface area contributed by atoms with Crippen LogP contribution in [0.4, 0.5) is 11.4 Å². The van der Waals surface area contributed by atoms with Gasteiger partial charge in [-0.05, 0) is 110 Å². The van der Waals surface area contributed by atoms with Crippen LogP contribution in [0.3, 0.4) is 0 Å². The smallest absolute Gasteiger partial charge is 0.488 e. The number of nitrogens with one attached hydrogen (secondary N) is 1. The first-order valence-corrected chi connectivity index (χ1v) is 21.3. The van der Waals surface area contributed by atoms with E-state index in [1.54, 1.807) is 54.6 Å². The summed E-state index contributed by atoms with van der Waals surface area (Å²) < 4.78 is 0.789. The molecule has 306 valence electrons. The van der Waals surface area contributed by atoms with Crippen molar-refractivity contribution in [2.45, 2.75) is 38.1 Å². The Morgan fingerprint density at radius 1 is 0.750 bits per heavy atom. The highest BCUT2D eigenvalue weighted by molar-refractivity contribution is 7.22. The fraction of sp³-hybridized carbons (Fsp3) is 0.311. The van der Waals surface area contributed by atoms with Crippen LogP contribution in [-0.4, -0.2) is 113 Å². The zero-order chi connectivity index (χ0) is 41.7. The summed E-state index contributed by atoms with van der Waals surface area (Å²) in [6, 6.07) is 24.0. The molecule has 1 aromatic heterocycles. The van der Waals surface area contributed by atoms with E-state index in [0.717, 1.165) is 102 Å². The zero-order valence-corrected chi connectivity index (χ0v) is 33.7. The number of rotatable bonds is 10. The number of amides is 4. The number of aromatic hydroxyl groups is 1. The second-order valence-corrected chi connectivity index (χ2v) is 17.1. The molecule has 0 saturated carbocycles. The van der Waals surface area contributed by atoms with E-state index in [9.17, 15) is 39.1 Å². The van der Waals surface area contributed by atoms with Gasteiger partial charge in [-0.25, -0.2) is 0 Å². The summed E-state index contributed by atoms with van der Waals surface area (Å²) in [5, 5.41) is 32.3. The molecule has 1 atom stereocenters. The summed E-state index contributed by atoms with van der Waals surface area (Å²) in [6.45, 7) is 6.26. The molecular weight excluding hydrogens is 781 g/mol. The first-order valence-electron chi connectivity index (χ1n) is 20.5. The van der Waals surface area contributed by atoms with E-state index in [2.05, 4.69) is 20.0 Å². The molecule has 13 nitrogen and oxygen atoms in total. The molecule has 4 aromatic carbocycles. The number of carbonyl (C=O) groups excluding carboxylic acids is 5. The number of ketones is 1. The van der Waals surface area contributed by atoms with Crippen LogP contribution >= 0.6 is 11.3 Å². The lowest BCUT2D eigenvalue weighted by molar-refractivity contribution is -0.136. The number of fused-ring (bicyclic) bond motifs is 2. The predicted molar refractivity (Wildman–Crippen MR) is 230 cm³/mol. The molecule has 4 aliphatic heterocycles. The van der Waals surface area contributed by atoms with Gasteiger partial charge in [0.25, 0.3) is 11.8 Å². The Kier molecular flexibility index (Phi) is 10.8. The van der Waals surface area contributed by atoms with Gasteiger partial charge in [0, 0.05) is 83.2 Å². The molecule has 3 fully saturated rings. The van der Waals surface area contributed by atoms with Gasteiger partial charge >= 0.3 is 7.12 Å². The number of anilines is 2. The van der Waals surface area contributed by atoms with Gasteiger partial charge in [0.15, 0.2) is 5.78 Å². The van der Waals surface area contributed by atoms with Crippen LogP contribution in [0.5, 0.6) is 5.75 Å². The molecule has 15 heteroatoms. The number of benzene rings is 4.